The van der Waals surface area contributed by atoms with E-state index in [9.17, 15) is 9.59 Å². The van der Waals surface area contributed by atoms with Gasteiger partial charge in [-0.25, -0.2) is 0 Å². The van der Waals surface area contributed by atoms with Gasteiger partial charge in [-0.1, -0.05) is 13.0 Å². The summed E-state index contributed by atoms with van der Waals surface area (Å²) in [4.78, 5) is 21.2. The lowest BCUT2D eigenvalue weighted by Crippen LogP contribution is -1.93. The van der Waals surface area contributed by atoms with Crippen LogP contribution in [0, 0.1) is 0 Å². The molecule has 68 valence electrons. The third-order valence-corrected chi connectivity index (χ3v) is 1.68. The Kier molecular flexibility index (Phi) is 6.25. The lowest BCUT2D eigenvalue weighted by molar-refractivity contribution is -0.117. The minimum absolute atomic E-state index is 0.0952. The van der Waals surface area contributed by atoms with Crippen LogP contribution in [0.3, 0.4) is 0 Å². The Morgan fingerprint density at radius 1 is 1.17 bits per heavy atom. The summed E-state index contributed by atoms with van der Waals surface area (Å²) in [6, 6.07) is 0. The zero-order valence-corrected chi connectivity index (χ0v) is 7.64. The molecule has 0 heterocycles. The summed E-state index contributed by atoms with van der Waals surface area (Å²) in [7, 11) is 0. The highest BCUT2D eigenvalue weighted by Gasteiger charge is 1.96. The molecular weight excluding hydrogens is 152 g/mol. The lowest BCUT2D eigenvalue weighted by atomic mass is 10.1. The SMILES string of the molecule is C=CC(=O)CCCCCC(C)=O. The third kappa shape index (κ3) is 7.19. The van der Waals surface area contributed by atoms with Crippen molar-refractivity contribution in [2.45, 2.75) is 39.0 Å². The second-order valence-corrected chi connectivity index (χ2v) is 2.93. The molecule has 2 heteroatoms. The second kappa shape index (κ2) is 6.77. The number of Topliss-reactive ketones (excluding diaryl/α,β-unsaturated/α-hetero) is 1. The predicted octanol–water partition coefficient (Wildman–Crippen LogP) is 2.28. The molecule has 0 atom stereocenters. The molecule has 0 bridgehead atoms. The van der Waals surface area contributed by atoms with Crippen LogP contribution < -0.4 is 0 Å². The summed E-state index contributed by atoms with van der Waals surface area (Å²) in [5, 5.41) is 0. The minimum atomic E-state index is 0.0952. The van der Waals surface area contributed by atoms with Crippen LogP contribution in [-0.2, 0) is 9.59 Å². The van der Waals surface area contributed by atoms with Crippen LogP contribution in [0.15, 0.2) is 12.7 Å². The van der Waals surface area contributed by atoms with Gasteiger partial charge in [0.25, 0.3) is 0 Å². The first-order valence-electron chi connectivity index (χ1n) is 4.31. The summed E-state index contributed by atoms with van der Waals surface area (Å²) in [6.07, 6.45) is 5.30. The molecule has 0 N–H and O–H groups in total. The van der Waals surface area contributed by atoms with Crippen molar-refractivity contribution in [2.75, 3.05) is 0 Å². The van der Waals surface area contributed by atoms with Crippen molar-refractivity contribution >= 4 is 11.6 Å². The van der Waals surface area contributed by atoms with Crippen LogP contribution in [0.25, 0.3) is 0 Å². The first kappa shape index (κ1) is 11.1. The molecule has 0 saturated carbocycles. The lowest BCUT2D eigenvalue weighted by Gasteiger charge is -1.96. The first-order chi connectivity index (χ1) is 5.66. The summed E-state index contributed by atoms with van der Waals surface area (Å²) in [5.74, 6) is 0.322. The normalized spacial score (nSPS) is 9.42. The molecule has 2 nitrogen and oxygen atoms in total. The molecule has 0 amide bonds. The summed E-state index contributed by atoms with van der Waals surface area (Å²) in [6.45, 7) is 4.98. The van der Waals surface area contributed by atoms with Crippen molar-refractivity contribution in [3.63, 3.8) is 0 Å². The van der Waals surface area contributed by atoms with Crippen LogP contribution in [0.5, 0.6) is 0 Å². The highest BCUT2D eigenvalue weighted by atomic mass is 16.1. The van der Waals surface area contributed by atoms with Crippen LogP contribution in [0.2, 0.25) is 0 Å². The molecule has 0 aliphatic rings. The zero-order chi connectivity index (χ0) is 9.40. The fourth-order valence-electron chi connectivity index (χ4n) is 0.952. The van der Waals surface area contributed by atoms with E-state index in [1.807, 2.05) is 0 Å². The summed E-state index contributed by atoms with van der Waals surface area (Å²) in [5.41, 5.74) is 0. The van der Waals surface area contributed by atoms with Crippen LogP contribution in [-0.4, -0.2) is 11.6 Å². The van der Waals surface area contributed by atoms with E-state index in [1.54, 1.807) is 6.92 Å². The smallest absolute Gasteiger partial charge is 0.155 e. The van der Waals surface area contributed by atoms with Crippen molar-refractivity contribution in [2.24, 2.45) is 0 Å². The van der Waals surface area contributed by atoms with Crippen LogP contribution in [0.4, 0.5) is 0 Å². The summed E-state index contributed by atoms with van der Waals surface area (Å²) < 4.78 is 0. The van der Waals surface area contributed by atoms with E-state index in [0.29, 0.717) is 12.8 Å². The van der Waals surface area contributed by atoms with E-state index in [0.717, 1.165) is 19.3 Å². The Labute approximate surface area is 73.7 Å². The van der Waals surface area contributed by atoms with Gasteiger partial charge in [0.05, 0.1) is 0 Å². The number of hydrogen-bond donors (Lipinski definition) is 0. The van der Waals surface area contributed by atoms with Gasteiger partial charge >= 0.3 is 0 Å². The predicted molar refractivity (Wildman–Crippen MR) is 49.0 cm³/mol. The second-order valence-electron chi connectivity index (χ2n) is 2.93. The van der Waals surface area contributed by atoms with Gasteiger partial charge in [0.1, 0.15) is 5.78 Å². The first-order valence-corrected chi connectivity index (χ1v) is 4.31. The van der Waals surface area contributed by atoms with Crippen molar-refractivity contribution in [1.29, 1.82) is 0 Å². The zero-order valence-electron chi connectivity index (χ0n) is 7.64. The number of allylic oxidation sites excluding steroid dienone is 1. The van der Waals surface area contributed by atoms with Gasteiger partial charge in [-0.15, -0.1) is 0 Å². The molecule has 0 aromatic rings. The standard InChI is InChI=1S/C10H16O2/c1-3-10(12)8-6-4-5-7-9(2)11/h3H,1,4-8H2,2H3. The highest BCUT2D eigenvalue weighted by molar-refractivity contribution is 5.88. The Hall–Kier alpha value is -0.920. The van der Waals surface area contributed by atoms with Gasteiger partial charge in [-0.2, -0.15) is 0 Å². The molecule has 0 aliphatic heterocycles. The number of carbonyl (C=O) groups excluding carboxylic acids is 2. The van der Waals surface area contributed by atoms with Gasteiger partial charge in [0.2, 0.25) is 0 Å². The maximum Gasteiger partial charge on any atom is 0.155 e. The molecule has 0 unspecified atom stereocenters. The average molecular weight is 168 g/mol. The van der Waals surface area contributed by atoms with E-state index in [4.69, 9.17) is 0 Å². The van der Waals surface area contributed by atoms with E-state index in [-0.39, 0.29) is 11.6 Å². The Morgan fingerprint density at radius 2 is 1.75 bits per heavy atom. The molecule has 0 aromatic heterocycles. The number of unbranched alkanes of at least 4 members (excludes halogenated alkanes) is 2. The maximum absolute atomic E-state index is 10.7. The molecule has 0 rings (SSSR count). The van der Waals surface area contributed by atoms with E-state index in [1.165, 1.54) is 6.08 Å². The topological polar surface area (TPSA) is 34.1 Å². The average Bonchev–Trinajstić information content (AvgIpc) is 2.03. The van der Waals surface area contributed by atoms with Crippen LogP contribution in [0.1, 0.15) is 39.0 Å². The highest BCUT2D eigenvalue weighted by Crippen LogP contribution is 2.03. The molecule has 12 heavy (non-hydrogen) atoms. The molecule has 0 fully saturated rings. The Balaban J connectivity index is 3.16. The van der Waals surface area contributed by atoms with E-state index < -0.39 is 0 Å². The van der Waals surface area contributed by atoms with Gasteiger partial charge in [-0.3, -0.25) is 4.79 Å². The molecule has 0 saturated heterocycles. The van der Waals surface area contributed by atoms with E-state index >= 15 is 0 Å². The largest absolute Gasteiger partial charge is 0.300 e. The fraction of sp³-hybridized carbons (Fsp3) is 0.600. The van der Waals surface area contributed by atoms with E-state index in [2.05, 4.69) is 6.58 Å². The van der Waals surface area contributed by atoms with Gasteiger partial charge in [0.15, 0.2) is 5.78 Å². The Bertz CT molecular complexity index is 171. The maximum atomic E-state index is 10.7. The van der Waals surface area contributed by atoms with Crippen LogP contribution >= 0.6 is 0 Å². The quantitative estimate of drug-likeness (QED) is 0.431. The molecule has 0 aliphatic carbocycles. The van der Waals surface area contributed by atoms with Crippen molar-refractivity contribution in [3.8, 4) is 0 Å². The fourth-order valence-corrected chi connectivity index (χ4v) is 0.952. The number of hydrogen-bond acceptors (Lipinski definition) is 2. The van der Waals surface area contributed by atoms with Gasteiger partial charge in [-0.05, 0) is 25.8 Å². The molecule has 0 radical (unpaired) electrons. The monoisotopic (exact) mass is 168 g/mol. The molecule has 0 spiro atoms. The molecular formula is C10H16O2. The minimum Gasteiger partial charge on any atom is -0.300 e. The van der Waals surface area contributed by atoms with Crippen molar-refractivity contribution in [1.82, 2.24) is 0 Å². The van der Waals surface area contributed by atoms with Crippen molar-refractivity contribution < 1.29 is 9.59 Å². The molecule has 0 aromatic carbocycles. The van der Waals surface area contributed by atoms with Gasteiger partial charge < -0.3 is 4.79 Å². The van der Waals surface area contributed by atoms with Gasteiger partial charge in [0, 0.05) is 12.8 Å². The Morgan fingerprint density at radius 3 is 2.25 bits per heavy atom. The third-order valence-electron chi connectivity index (χ3n) is 1.68. The number of carbonyl (C=O) groups is 2. The summed E-state index contributed by atoms with van der Waals surface area (Å²) >= 11 is 0. The number of ketones is 2. The number of rotatable bonds is 7. The van der Waals surface area contributed by atoms with Crippen molar-refractivity contribution in [3.05, 3.63) is 12.7 Å².